The van der Waals surface area contributed by atoms with Gasteiger partial charge in [-0.05, 0) is 36.2 Å². The summed E-state index contributed by atoms with van der Waals surface area (Å²) < 4.78 is 1.96. The van der Waals surface area contributed by atoms with Gasteiger partial charge in [0.2, 0.25) is 0 Å². The SMILES string of the molecule is CCCN1C(=O)c2ccccc2N[C@H]1c1ccc(-n2ccnc2)cc1. The third kappa shape index (κ3) is 2.78. The molecule has 5 heteroatoms. The predicted octanol–water partition coefficient (Wildman–Crippen LogP) is 3.85. The molecule has 3 aromatic rings. The summed E-state index contributed by atoms with van der Waals surface area (Å²) in [5.41, 5.74) is 3.75. The standard InChI is InChI=1S/C20H20N4O/c1-2-12-24-19(22-18-6-4-3-5-17(18)20(24)25)15-7-9-16(10-8-15)23-13-11-21-14-23/h3-11,13-14,19,22H,2,12H2,1H3/t19-/m1/s1. The quantitative estimate of drug-likeness (QED) is 0.789. The van der Waals surface area contributed by atoms with Gasteiger partial charge in [0.25, 0.3) is 5.91 Å². The molecule has 2 heterocycles. The number of carbonyl (C=O) groups is 1. The minimum Gasteiger partial charge on any atom is -0.361 e. The minimum absolute atomic E-state index is 0.0832. The fraction of sp³-hybridized carbons (Fsp3) is 0.200. The van der Waals surface area contributed by atoms with Gasteiger partial charge in [-0.15, -0.1) is 0 Å². The first-order valence-electron chi connectivity index (χ1n) is 8.53. The molecule has 0 saturated carbocycles. The van der Waals surface area contributed by atoms with Crippen LogP contribution in [0.4, 0.5) is 5.69 Å². The van der Waals surface area contributed by atoms with Crippen LogP contribution in [0.1, 0.15) is 35.4 Å². The number of carbonyl (C=O) groups excluding carboxylic acids is 1. The van der Waals surface area contributed by atoms with Crippen molar-refractivity contribution in [3.63, 3.8) is 0 Å². The number of fused-ring (bicyclic) bond motifs is 1. The highest BCUT2D eigenvalue weighted by atomic mass is 16.2. The lowest BCUT2D eigenvalue weighted by Gasteiger charge is -2.38. The summed E-state index contributed by atoms with van der Waals surface area (Å²) in [5, 5.41) is 3.52. The molecule has 1 amide bonds. The van der Waals surface area contributed by atoms with Gasteiger partial charge in [-0.1, -0.05) is 31.2 Å². The van der Waals surface area contributed by atoms with Crippen LogP contribution in [0.15, 0.2) is 67.3 Å². The topological polar surface area (TPSA) is 50.2 Å². The average molecular weight is 332 g/mol. The maximum Gasteiger partial charge on any atom is 0.257 e. The maximum atomic E-state index is 12.9. The highest BCUT2D eigenvalue weighted by Crippen LogP contribution is 2.33. The third-order valence-corrected chi connectivity index (χ3v) is 4.50. The Kier molecular flexibility index (Phi) is 3.98. The summed E-state index contributed by atoms with van der Waals surface area (Å²) in [6, 6.07) is 15.9. The molecule has 4 rings (SSSR count). The fourth-order valence-electron chi connectivity index (χ4n) is 3.27. The van der Waals surface area contributed by atoms with Gasteiger partial charge in [0.05, 0.1) is 11.9 Å². The van der Waals surface area contributed by atoms with Crippen LogP contribution in [-0.2, 0) is 0 Å². The number of nitrogens with zero attached hydrogens (tertiary/aromatic N) is 3. The van der Waals surface area contributed by atoms with Crippen LogP contribution in [0.3, 0.4) is 0 Å². The van der Waals surface area contributed by atoms with Gasteiger partial charge in [0, 0.05) is 30.3 Å². The number of anilines is 1. The van der Waals surface area contributed by atoms with E-state index in [-0.39, 0.29) is 12.1 Å². The van der Waals surface area contributed by atoms with Gasteiger partial charge in [0.15, 0.2) is 0 Å². The lowest BCUT2D eigenvalue weighted by atomic mass is 10.0. The van der Waals surface area contributed by atoms with E-state index >= 15 is 0 Å². The molecular formula is C20H20N4O. The highest BCUT2D eigenvalue weighted by molar-refractivity contribution is 6.01. The molecular weight excluding hydrogens is 312 g/mol. The van der Waals surface area contributed by atoms with Crippen molar-refractivity contribution >= 4 is 11.6 Å². The Morgan fingerprint density at radius 1 is 1.12 bits per heavy atom. The van der Waals surface area contributed by atoms with E-state index < -0.39 is 0 Å². The minimum atomic E-state index is -0.154. The number of hydrogen-bond acceptors (Lipinski definition) is 3. The molecule has 1 aliphatic rings. The smallest absolute Gasteiger partial charge is 0.257 e. The molecule has 1 aliphatic heterocycles. The monoisotopic (exact) mass is 332 g/mol. The Morgan fingerprint density at radius 3 is 2.64 bits per heavy atom. The van der Waals surface area contributed by atoms with Crippen LogP contribution >= 0.6 is 0 Å². The second-order valence-electron chi connectivity index (χ2n) is 6.15. The number of rotatable bonds is 4. The van der Waals surface area contributed by atoms with Gasteiger partial charge in [0.1, 0.15) is 6.17 Å². The summed E-state index contributed by atoms with van der Waals surface area (Å²) in [5.74, 6) is 0.0832. The number of aromatic nitrogens is 2. The molecule has 0 fully saturated rings. The molecule has 1 N–H and O–H groups in total. The van der Waals surface area contributed by atoms with Gasteiger partial charge >= 0.3 is 0 Å². The molecule has 5 nitrogen and oxygen atoms in total. The summed E-state index contributed by atoms with van der Waals surface area (Å²) in [4.78, 5) is 18.9. The van der Waals surface area contributed by atoms with Crippen molar-refractivity contribution in [1.29, 1.82) is 0 Å². The van der Waals surface area contributed by atoms with E-state index in [1.165, 1.54) is 0 Å². The van der Waals surface area contributed by atoms with Crippen LogP contribution in [0, 0.1) is 0 Å². The molecule has 25 heavy (non-hydrogen) atoms. The summed E-state index contributed by atoms with van der Waals surface area (Å²) >= 11 is 0. The number of para-hydroxylation sites is 1. The highest BCUT2D eigenvalue weighted by Gasteiger charge is 2.31. The number of nitrogens with one attached hydrogen (secondary N) is 1. The fourth-order valence-corrected chi connectivity index (χ4v) is 3.27. The molecule has 0 aliphatic carbocycles. The zero-order chi connectivity index (χ0) is 17.2. The predicted molar refractivity (Wildman–Crippen MR) is 97.7 cm³/mol. The zero-order valence-electron chi connectivity index (χ0n) is 14.1. The molecule has 2 aromatic carbocycles. The number of hydrogen-bond donors (Lipinski definition) is 1. The Bertz CT molecular complexity index is 871. The molecule has 0 spiro atoms. The number of benzene rings is 2. The van der Waals surface area contributed by atoms with Gasteiger partial charge < -0.3 is 14.8 Å². The van der Waals surface area contributed by atoms with Crippen LogP contribution in [0.25, 0.3) is 5.69 Å². The van der Waals surface area contributed by atoms with E-state index in [4.69, 9.17) is 0 Å². The summed E-state index contributed by atoms with van der Waals surface area (Å²) in [6.07, 6.45) is 6.21. The first kappa shape index (κ1) is 15.4. The normalized spacial score (nSPS) is 16.4. The Balaban J connectivity index is 1.69. The van der Waals surface area contributed by atoms with Crippen molar-refractivity contribution in [2.75, 3.05) is 11.9 Å². The molecule has 1 aromatic heterocycles. The Labute approximate surface area is 146 Å². The lowest BCUT2D eigenvalue weighted by Crippen LogP contribution is -2.43. The van der Waals surface area contributed by atoms with E-state index in [1.807, 2.05) is 52.1 Å². The van der Waals surface area contributed by atoms with Crippen molar-refractivity contribution in [3.8, 4) is 5.69 Å². The van der Waals surface area contributed by atoms with Gasteiger partial charge in [-0.25, -0.2) is 4.98 Å². The lowest BCUT2D eigenvalue weighted by molar-refractivity contribution is 0.0683. The van der Waals surface area contributed by atoms with E-state index in [9.17, 15) is 4.79 Å². The van der Waals surface area contributed by atoms with Crippen molar-refractivity contribution in [3.05, 3.63) is 78.4 Å². The summed E-state index contributed by atoms with van der Waals surface area (Å²) in [6.45, 7) is 2.81. The van der Waals surface area contributed by atoms with Crippen molar-refractivity contribution in [2.24, 2.45) is 0 Å². The van der Waals surface area contributed by atoms with E-state index in [0.717, 1.165) is 28.9 Å². The summed E-state index contributed by atoms with van der Waals surface area (Å²) in [7, 11) is 0. The molecule has 0 bridgehead atoms. The molecule has 126 valence electrons. The third-order valence-electron chi connectivity index (χ3n) is 4.50. The van der Waals surface area contributed by atoms with Crippen LogP contribution in [-0.4, -0.2) is 26.9 Å². The second kappa shape index (κ2) is 6.43. The van der Waals surface area contributed by atoms with Crippen LogP contribution in [0.5, 0.6) is 0 Å². The number of imidazole rings is 1. The Morgan fingerprint density at radius 2 is 1.92 bits per heavy atom. The molecule has 0 saturated heterocycles. The Hall–Kier alpha value is -3.08. The number of amides is 1. The molecule has 0 unspecified atom stereocenters. The average Bonchev–Trinajstić information content (AvgIpc) is 3.19. The second-order valence-corrected chi connectivity index (χ2v) is 6.15. The van der Waals surface area contributed by atoms with Crippen LogP contribution < -0.4 is 5.32 Å². The van der Waals surface area contributed by atoms with Crippen molar-refractivity contribution < 1.29 is 4.79 Å². The maximum absolute atomic E-state index is 12.9. The first-order valence-corrected chi connectivity index (χ1v) is 8.53. The zero-order valence-corrected chi connectivity index (χ0v) is 14.1. The largest absolute Gasteiger partial charge is 0.361 e. The van der Waals surface area contributed by atoms with E-state index in [1.54, 1.807) is 12.5 Å². The molecule has 0 radical (unpaired) electrons. The molecule has 1 atom stereocenters. The van der Waals surface area contributed by atoms with Crippen molar-refractivity contribution in [2.45, 2.75) is 19.5 Å². The van der Waals surface area contributed by atoms with E-state index in [2.05, 4.69) is 29.4 Å². The van der Waals surface area contributed by atoms with Crippen LogP contribution in [0.2, 0.25) is 0 Å². The van der Waals surface area contributed by atoms with E-state index in [0.29, 0.717) is 6.54 Å². The van der Waals surface area contributed by atoms with Gasteiger partial charge in [-0.2, -0.15) is 0 Å². The van der Waals surface area contributed by atoms with Crippen molar-refractivity contribution in [1.82, 2.24) is 14.5 Å². The van der Waals surface area contributed by atoms with Gasteiger partial charge in [-0.3, -0.25) is 4.79 Å². The first-order chi connectivity index (χ1) is 12.3.